The third kappa shape index (κ3) is 3.92. The predicted molar refractivity (Wildman–Crippen MR) is 70.3 cm³/mol. The first kappa shape index (κ1) is 14.3. The van der Waals surface area contributed by atoms with E-state index in [4.69, 9.17) is 15.4 Å². The first-order chi connectivity index (χ1) is 8.97. The summed E-state index contributed by atoms with van der Waals surface area (Å²) in [6, 6.07) is 6.06. The highest BCUT2D eigenvalue weighted by Crippen LogP contribution is 2.15. The Bertz CT molecular complexity index is 550. The molecule has 1 N–H and O–H groups in total. The monoisotopic (exact) mass is 303 g/mol. The van der Waals surface area contributed by atoms with Crippen LogP contribution in [0.1, 0.15) is 18.4 Å². The zero-order valence-corrected chi connectivity index (χ0v) is 11.7. The molecule has 1 amide bonds. The van der Waals surface area contributed by atoms with Crippen LogP contribution in [0.25, 0.3) is 0 Å². The van der Waals surface area contributed by atoms with Gasteiger partial charge < -0.3 is 10.1 Å². The summed E-state index contributed by atoms with van der Waals surface area (Å²) in [5, 5.41) is 2.75. The molecule has 104 valence electrons. The van der Waals surface area contributed by atoms with Gasteiger partial charge >= 0.3 is 0 Å². The molecule has 1 unspecified atom stereocenters. The second-order valence-corrected chi connectivity index (χ2v) is 6.87. The maximum atomic E-state index is 11.7. The quantitative estimate of drug-likeness (QED) is 0.854. The van der Waals surface area contributed by atoms with Crippen LogP contribution in [0.15, 0.2) is 29.2 Å². The van der Waals surface area contributed by atoms with Gasteiger partial charge in [-0.05, 0) is 30.5 Å². The molecule has 0 saturated carbocycles. The minimum Gasteiger partial charge on any atom is -0.368 e. The molecule has 0 aromatic heterocycles. The fourth-order valence-electron chi connectivity index (χ4n) is 1.86. The van der Waals surface area contributed by atoms with Crippen LogP contribution < -0.4 is 5.32 Å². The Balaban J connectivity index is 1.91. The Morgan fingerprint density at radius 3 is 2.58 bits per heavy atom. The van der Waals surface area contributed by atoms with Crippen molar-refractivity contribution in [2.75, 3.05) is 6.61 Å². The molecule has 0 radical (unpaired) electrons. The highest BCUT2D eigenvalue weighted by atomic mass is 35.7. The second kappa shape index (κ2) is 5.90. The molecular formula is C12H14ClNO4S. The van der Waals surface area contributed by atoms with Crippen LogP contribution in [0.5, 0.6) is 0 Å². The van der Waals surface area contributed by atoms with Crippen molar-refractivity contribution in [2.45, 2.75) is 30.4 Å². The van der Waals surface area contributed by atoms with Gasteiger partial charge in [-0.2, -0.15) is 0 Å². The van der Waals surface area contributed by atoms with Crippen molar-refractivity contribution in [2.24, 2.45) is 0 Å². The zero-order valence-electron chi connectivity index (χ0n) is 10.1. The number of benzene rings is 1. The molecule has 1 atom stereocenters. The fraction of sp³-hybridized carbons (Fsp3) is 0.417. The van der Waals surface area contributed by atoms with Crippen LogP contribution in [0, 0.1) is 0 Å². The van der Waals surface area contributed by atoms with Gasteiger partial charge in [-0.15, -0.1) is 0 Å². The molecule has 0 bridgehead atoms. The standard InChI is InChI=1S/C12H14ClNO4S/c13-19(16,17)10-5-3-9(4-6-10)8-14-12(15)11-2-1-7-18-11/h3-6,11H,1-2,7-8H2,(H,14,15). The lowest BCUT2D eigenvalue weighted by atomic mass is 10.2. The van der Waals surface area contributed by atoms with Gasteiger partial charge in [0, 0.05) is 23.8 Å². The van der Waals surface area contributed by atoms with E-state index in [1.165, 1.54) is 12.1 Å². The number of carbonyl (C=O) groups excluding carboxylic acids is 1. The fourth-order valence-corrected chi connectivity index (χ4v) is 2.63. The summed E-state index contributed by atoms with van der Waals surface area (Å²) in [5.41, 5.74) is 0.801. The summed E-state index contributed by atoms with van der Waals surface area (Å²) in [6.07, 6.45) is 1.29. The van der Waals surface area contributed by atoms with Crippen LogP contribution in [0.4, 0.5) is 0 Å². The Morgan fingerprint density at radius 2 is 2.05 bits per heavy atom. The molecule has 1 aromatic rings. The number of nitrogens with one attached hydrogen (secondary N) is 1. The molecule has 0 aliphatic carbocycles. The Morgan fingerprint density at radius 1 is 1.37 bits per heavy atom. The van der Waals surface area contributed by atoms with Crippen molar-refractivity contribution in [1.29, 1.82) is 0 Å². The molecule has 2 rings (SSSR count). The summed E-state index contributed by atoms with van der Waals surface area (Å²) in [4.78, 5) is 11.7. The van der Waals surface area contributed by atoms with Crippen molar-refractivity contribution < 1.29 is 17.9 Å². The predicted octanol–water partition coefficient (Wildman–Crippen LogP) is 1.41. The van der Waals surface area contributed by atoms with Crippen molar-refractivity contribution in [3.63, 3.8) is 0 Å². The lowest BCUT2D eigenvalue weighted by Gasteiger charge is -2.10. The summed E-state index contributed by atoms with van der Waals surface area (Å²) in [5.74, 6) is -0.133. The van der Waals surface area contributed by atoms with Crippen molar-refractivity contribution in [3.05, 3.63) is 29.8 Å². The smallest absolute Gasteiger partial charge is 0.261 e. The molecule has 5 nitrogen and oxygen atoms in total. The molecule has 7 heteroatoms. The zero-order chi connectivity index (χ0) is 13.9. The van der Waals surface area contributed by atoms with Crippen LogP contribution in [-0.4, -0.2) is 27.0 Å². The maximum absolute atomic E-state index is 11.7. The van der Waals surface area contributed by atoms with Crippen molar-refractivity contribution in [1.82, 2.24) is 5.32 Å². The van der Waals surface area contributed by atoms with Crippen LogP contribution in [0.2, 0.25) is 0 Å². The van der Waals surface area contributed by atoms with E-state index in [1.807, 2.05) is 0 Å². The highest BCUT2D eigenvalue weighted by Gasteiger charge is 2.22. The van der Waals surface area contributed by atoms with Gasteiger partial charge in [0.1, 0.15) is 6.10 Å². The molecule has 0 spiro atoms. The van der Waals surface area contributed by atoms with E-state index < -0.39 is 9.05 Å². The van der Waals surface area contributed by atoms with Gasteiger partial charge in [-0.25, -0.2) is 8.42 Å². The Labute approximate surface area is 116 Å². The van der Waals surface area contributed by atoms with E-state index in [1.54, 1.807) is 12.1 Å². The van der Waals surface area contributed by atoms with Gasteiger partial charge in [0.25, 0.3) is 9.05 Å². The number of amides is 1. The Kier molecular flexibility index (Phi) is 4.44. The summed E-state index contributed by atoms with van der Waals surface area (Å²) < 4.78 is 27.4. The lowest BCUT2D eigenvalue weighted by molar-refractivity contribution is -0.130. The molecule has 1 aromatic carbocycles. The average molecular weight is 304 g/mol. The minimum atomic E-state index is -3.70. The molecule has 1 saturated heterocycles. The molecule has 1 heterocycles. The normalized spacial score (nSPS) is 19.3. The number of carbonyl (C=O) groups is 1. The number of ether oxygens (including phenoxy) is 1. The van der Waals surface area contributed by atoms with E-state index in [9.17, 15) is 13.2 Å². The SMILES string of the molecule is O=C(NCc1ccc(S(=O)(=O)Cl)cc1)C1CCCO1. The molecule has 1 aliphatic heterocycles. The first-order valence-corrected chi connectivity index (χ1v) is 8.21. The highest BCUT2D eigenvalue weighted by molar-refractivity contribution is 8.13. The van der Waals surface area contributed by atoms with Crippen LogP contribution in [-0.2, 0) is 25.1 Å². The first-order valence-electron chi connectivity index (χ1n) is 5.90. The number of hydrogen-bond donors (Lipinski definition) is 1. The van der Waals surface area contributed by atoms with Crippen molar-refractivity contribution in [3.8, 4) is 0 Å². The van der Waals surface area contributed by atoms with Crippen LogP contribution >= 0.6 is 10.7 Å². The molecule has 19 heavy (non-hydrogen) atoms. The van der Waals surface area contributed by atoms with E-state index in [2.05, 4.69) is 5.32 Å². The molecule has 1 fully saturated rings. The molecular weight excluding hydrogens is 290 g/mol. The van der Waals surface area contributed by atoms with Gasteiger partial charge in [0.15, 0.2) is 0 Å². The summed E-state index contributed by atoms with van der Waals surface area (Å²) in [6.45, 7) is 0.960. The van der Waals surface area contributed by atoms with Gasteiger partial charge in [-0.1, -0.05) is 12.1 Å². The average Bonchev–Trinajstić information content (AvgIpc) is 2.89. The Hall–Kier alpha value is -1.11. The van der Waals surface area contributed by atoms with Gasteiger partial charge in [0.05, 0.1) is 4.90 Å². The summed E-state index contributed by atoms with van der Waals surface area (Å²) >= 11 is 0. The van der Waals surface area contributed by atoms with E-state index in [0.29, 0.717) is 13.2 Å². The number of halogens is 1. The van der Waals surface area contributed by atoms with Gasteiger partial charge in [-0.3, -0.25) is 4.79 Å². The van der Waals surface area contributed by atoms with Crippen LogP contribution in [0.3, 0.4) is 0 Å². The summed E-state index contributed by atoms with van der Waals surface area (Å²) in [7, 11) is 1.51. The number of rotatable bonds is 4. The number of hydrogen-bond acceptors (Lipinski definition) is 4. The van der Waals surface area contributed by atoms with Gasteiger partial charge in [0.2, 0.25) is 5.91 Å². The van der Waals surface area contributed by atoms with E-state index in [-0.39, 0.29) is 16.9 Å². The lowest BCUT2D eigenvalue weighted by Crippen LogP contribution is -2.33. The molecule has 1 aliphatic rings. The maximum Gasteiger partial charge on any atom is 0.261 e. The topological polar surface area (TPSA) is 72.5 Å². The third-order valence-electron chi connectivity index (χ3n) is 2.89. The second-order valence-electron chi connectivity index (χ2n) is 4.30. The van der Waals surface area contributed by atoms with Crippen molar-refractivity contribution >= 4 is 25.6 Å². The minimum absolute atomic E-state index is 0.0448. The third-order valence-corrected chi connectivity index (χ3v) is 4.26. The van der Waals surface area contributed by atoms with E-state index in [0.717, 1.165) is 18.4 Å². The van der Waals surface area contributed by atoms with E-state index >= 15 is 0 Å². The largest absolute Gasteiger partial charge is 0.368 e.